The normalized spacial score (nSPS) is 22.4. The lowest BCUT2D eigenvalue weighted by Crippen LogP contribution is -2.58. The molecule has 3 N–H and O–H groups in total. The van der Waals surface area contributed by atoms with Gasteiger partial charge >= 0.3 is 6.18 Å². The van der Waals surface area contributed by atoms with E-state index < -0.39 is 46.2 Å². The number of nitriles is 1. The minimum absolute atomic E-state index is 0.0143. The molecule has 1 unspecified atom stereocenters. The Bertz CT molecular complexity index is 2190. The molecule has 6 rings (SSSR count). The average Bonchev–Trinajstić information content (AvgIpc) is 3.35. The molecule has 3 aromatic rings. The van der Waals surface area contributed by atoms with Crippen molar-refractivity contribution in [3.8, 4) is 11.8 Å². The summed E-state index contributed by atoms with van der Waals surface area (Å²) in [6.45, 7) is 12.1. The Morgan fingerprint density at radius 1 is 1.03 bits per heavy atom. The fourth-order valence-electron chi connectivity index (χ4n) is 8.15. The van der Waals surface area contributed by atoms with Crippen LogP contribution in [0, 0.1) is 11.3 Å². The van der Waals surface area contributed by atoms with Crippen LogP contribution in [0.2, 0.25) is 5.02 Å². The Kier molecular flexibility index (Phi) is 13.3. The van der Waals surface area contributed by atoms with E-state index in [0.29, 0.717) is 66.9 Å². The highest BCUT2D eigenvalue weighted by atomic mass is 35.5. The Balaban J connectivity index is 1.04. The molecule has 3 heterocycles. The first-order chi connectivity index (χ1) is 28.3. The molecule has 3 aromatic carbocycles. The third-order valence-corrected chi connectivity index (χ3v) is 11.8. The van der Waals surface area contributed by atoms with Crippen LogP contribution in [0.5, 0.6) is 5.75 Å². The summed E-state index contributed by atoms with van der Waals surface area (Å²) < 4.78 is 47.7. The van der Waals surface area contributed by atoms with Gasteiger partial charge in [-0.2, -0.15) is 18.4 Å². The quantitative estimate of drug-likeness (QED) is 0.121. The topological polar surface area (TPSA) is 150 Å². The van der Waals surface area contributed by atoms with Crippen molar-refractivity contribution in [3.05, 3.63) is 76.3 Å². The van der Waals surface area contributed by atoms with Gasteiger partial charge in [0.15, 0.2) is 5.50 Å². The van der Waals surface area contributed by atoms with Gasteiger partial charge in [0, 0.05) is 65.9 Å². The summed E-state index contributed by atoms with van der Waals surface area (Å²) in [7, 11) is 0. The van der Waals surface area contributed by atoms with E-state index in [0.717, 1.165) is 17.7 Å². The molecule has 4 amide bonds. The summed E-state index contributed by atoms with van der Waals surface area (Å²) in [6.07, 6.45) is -3.59. The molecule has 3 saturated heterocycles. The van der Waals surface area contributed by atoms with Gasteiger partial charge in [0.05, 0.1) is 23.7 Å². The number of anilines is 4. The molecule has 320 valence electrons. The highest BCUT2D eigenvalue weighted by molar-refractivity contribution is 7.81. The van der Waals surface area contributed by atoms with Gasteiger partial charge in [0.1, 0.15) is 23.9 Å². The van der Waals surface area contributed by atoms with Crippen molar-refractivity contribution in [1.29, 1.82) is 5.26 Å². The molecule has 0 radical (unpaired) electrons. The van der Waals surface area contributed by atoms with Gasteiger partial charge in [0.2, 0.25) is 17.7 Å². The van der Waals surface area contributed by atoms with Crippen LogP contribution < -0.4 is 30.5 Å². The smallest absolute Gasteiger partial charge is 0.417 e. The second-order valence-corrected chi connectivity index (χ2v) is 16.7. The number of hydrogen-bond acceptors (Lipinski definition) is 11. The Hall–Kier alpha value is -5.02. The number of aryl methyl sites for hydroxylation is 1. The van der Waals surface area contributed by atoms with Crippen LogP contribution in [-0.2, 0) is 31.8 Å². The number of thiol groups is 1. The summed E-state index contributed by atoms with van der Waals surface area (Å²) in [4.78, 5) is 58.1. The fraction of sp³-hybridized carbons (Fsp3) is 0.452. The van der Waals surface area contributed by atoms with Crippen molar-refractivity contribution in [2.24, 2.45) is 0 Å². The number of alkyl halides is 3. The number of imide groups is 1. The van der Waals surface area contributed by atoms with Crippen LogP contribution in [0.1, 0.15) is 64.2 Å². The molecule has 0 bridgehead atoms. The van der Waals surface area contributed by atoms with E-state index in [1.54, 1.807) is 43.0 Å². The molecule has 0 spiro atoms. The highest BCUT2D eigenvalue weighted by Crippen LogP contribution is 2.43. The van der Waals surface area contributed by atoms with Gasteiger partial charge < -0.3 is 20.3 Å². The highest BCUT2D eigenvalue weighted by Gasteiger charge is 2.52. The molecule has 60 heavy (non-hydrogen) atoms. The van der Waals surface area contributed by atoms with Crippen molar-refractivity contribution in [2.45, 2.75) is 89.2 Å². The van der Waals surface area contributed by atoms with E-state index in [-0.39, 0.29) is 42.6 Å². The predicted molar refractivity (Wildman–Crippen MR) is 226 cm³/mol. The van der Waals surface area contributed by atoms with E-state index >= 15 is 0 Å². The van der Waals surface area contributed by atoms with Crippen molar-refractivity contribution < 1.29 is 37.1 Å². The summed E-state index contributed by atoms with van der Waals surface area (Å²) in [5.41, 5.74) is -1.22. The standard InChI is InChI=1S/C42H48ClF3N8O5S/c1-6-26-15-32(54-40(60)53(39(58)41(54,4)5)31-8-7-27(20-47)33(19-31)42(44,45)46)9-11-35(26)59-14-13-51-21-24(2)52(25(3)22-51)23-37(56)49-30-17-28(43)16-29(18-30)48-34-10-12-36(55)50-38(34)57/h7-9,11,15-19,24-25,34,40,48,60H,6,10,12-14,21-23H2,1-5H3,(H,49,56)(H,50,55,57)/t24-,25-,34?,40+/m1/s1. The molecule has 0 aromatic heterocycles. The van der Waals surface area contributed by atoms with E-state index in [1.165, 1.54) is 11.0 Å². The molecule has 3 aliphatic rings. The predicted octanol–water partition coefficient (Wildman–Crippen LogP) is 6.27. The maximum absolute atomic E-state index is 13.8. The zero-order valence-electron chi connectivity index (χ0n) is 33.9. The van der Waals surface area contributed by atoms with Crippen molar-refractivity contribution >= 4 is 70.6 Å². The number of nitrogens with zero attached hydrogens (tertiary/aromatic N) is 5. The maximum Gasteiger partial charge on any atom is 0.417 e. The third kappa shape index (κ3) is 9.62. The van der Waals surface area contributed by atoms with Crippen LogP contribution in [0.25, 0.3) is 0 Å². The molecular weight excluding hydrogens is 821 g/mol. The molecule has 0 aliphatic carbocycles. The number of carbonyl (C=O) groups excluding carboxylic acids is 4. The molecule has 18 heteroatoms. The van der Waals surface area contributed by atoms with Gasteiger partial charge in [-0.1, -0.05) is 18.5 Å². The number of halogens is 4. The van der Waals surface area contributed by atoms with Crippen LogP contribution in [-0.4, -0.2) is 95.4 Å². The first kappa shape index (κ1) is 44.5. The minimum Gasteiger partial charge on any atom is -0.492 e. The van der Waals surface area contributed by atoms with E-state index in [9.17, 15) is 37.6 Å². The number of piperazine rings is 1. The molecule has 13 nitrogen and oxygen atoms in total. The number of amides is 4. The van der Waals surface area contributed by atoms with Gasteiger partial charge in [0.25, 0.3) is 5.91 Å². The number of piperidine rings is 1. The molecule has 4 atom stereocenters. The summed E-state index contributed by atoms with van der Waals surface area (Å²) >= 11 is 11.1. The number of ether oxygens (including phenoxy) is 1. The summed E-state index contributed by atoms with van der Waals surface area (Å²) in [6, 6.07) is 14.8. The van der Waals surface area contributed by atoms with Gasteiger partial charge in [-0.05, 0) is 101 Å². The minimum atomic E-state index is -4.78. The third-order valence-electron chi connectivity index (χ3n) is 11.1. The van der Waals surface area contributed by atoms with Crippen LogP contribution in [0.15, 0.2) is 54.6 Å². The zero-order chi connectivity index (χ0) is 43.7. The lowest BCUT2D eigenvalue weighted by Gasteiger charge is -2.44. The van der Waals surface area contributed by atoms with E-state index in [2.05, 4.69) is 39.6 Å². The number of hydrogen-bond donors (Lipinski definition) is 4. The average molecular weight is 869 g/mol. The Labute approximate surface area is 357 Å². The van der Waals surface area contributed by atoms with Crippen molar-refractivity contribution in [1.82, 2.24) is 15.1 Å². The van der Waals surface area contributed by atoms with Crippen LogP contribution in [0.4, 0.5) is 35.9 Å². The second kappa shape index (κ2) is 17.9. The number of nitrogens with one attached hydrogen (secondary N) is 3. The fourth-order valence-corrected chi connectivity index (χ4v) is 9.04. The first-order valence-electron chi connectivity index (χ1n) is 19.7. The maximum atomic E-state index is 13.8. The molecule has 3 aliphatic heterocycles. The van der Waals surface area contributed by atoms with Crippen LogP contribution in [0.3, 0.4) is 0 Å². The Morgan fingerprint density at radius 2 is 1.72 bits per heavy atom. The molecule has 3 fully saturated rings. The lowest BCUT2D eigenvalue weighted by atomic mass is 10.0. The SMILES string of the molecule is CCc1cc(N2[C@@H](S)N(c3ccc(C#N)c(C(F)(F)F)c3)C(=O)C2(C)C)ccc1OCCN1C[C@@H](C)N(CC(=O)Nc2cc(Cl)cc(NC3CCC(=O)NC3=O)c2)[C@H](C)C1. The van der Waals surface area contributed by atoms with Gasteiger partial charge in [-0.25, -0.2) is 0 Å². The molecular formula is C42H48ClF3N8O5S. The van der Waals surface area contributed by atoms with Gasteiger partial charge in [-0.15, -0.1) is 12.6 Å². The first-order valence-corrected chi connectivity index (χ1v) is 20.6. The number of carbonyl (C=O) groups is 4. The van der Waals surface area contributed by atoms with E-state index in [1.807, 2.05) is 25.1 Å². The number of rotatable bonds is 12. The zero-order valence-corrected chi connectivity index (χ0v) is 35.5. The largest absolute Gasteiger partial charge is 0.492 e. The lowest BCUT2D eigenvalue weighted by molar-refractivity contribution is -0.138. The van der Waals surface area contributed by atoms with Crippen molar-refractivity contribution in [2.75, 3.05) is 53.2 Å². The molecule has 0 saturated carbocycles. The summed E-state index contributed by atoms with van der Waals surface area (Å²) in [5, 5.41) is 18.0. The second-order valence-electron chi connectivity index (χ2n) is 15.8. The van der Waals surface area contributed by atoms with Gasteiger partial charge in [-0.3, -0.25) is 39.2 Å². The summed E-state index contributed by atoms with van der Waals surface area (Å²) in [5.74, 6) is -0.699. The monoisotopic (exact) mass is 868 g/mol. The van der Waals surface area contributed by atoms with Crippen molar-refractivity contribution in [3.63, 3.8) is 0 Å². The Morgan fingerprint density at radius 3 is 2.37 bits per heavy atom. The van der Waals surface area contributed by atoms with E-state index in [4.69, 9.17) is 29.0 Å². The van der Waals surface area contributed by atoms with Crippen LogP contribution >= 0.6 is 24.2 Å². The number of benzene rings is 3.